The largest absolute Gasteiger partial charge is 0.343 e. The van der Waals surface area contributed by atoms with E-state index in [0.29, 0.717) is 29.5 Å². The number of hydrogen-bond acceptors (Lipinski definition) is 6. The third kappa shape index (κ3) is 2.84. The van der Waals surface area contributed by atoms with E-state index in [0.717, 1.165) is 25.7 Å². The fourth-order valence-corrected chi connectivity index (χ4v) is 2.89. The SMILES string of the molecule is Cc1ncc(C(=O)N2CCCCC[C@@H]2c2ncon2)c(C)n1. The lowest BCUT2D eigenvalue weighted by Crippen LogP contribution is -2.36. The fourth-order valence-electron chi connectivity index (χ4n) is 2.89. The van der Waals surface area contributed by atoms with E-state index < -0.39 is 0 Å². The molecule has 0 saturated carbocycles. The molecular formula is C15H19N5O2. The zero-order valence-electron chi connectivity index (χ0n) is 12.8. The standard InChI is InChI=1S/C15H19N5O2/c1-10-12(8-16-11(2)18-10)15(21)20-7-5-3-4-6-13(20)14-17-9-22-19-14/h8-9,13H,3-7H2,1-2H3/t13-/m1/s1. The number of nitrogens with zero attached hydrogens (tertiary/aromatic N) is 5. The summed E-state index contributed by atoms with van der Waals surface area (Å²) >= 11 is 0. The van der Waals surface area contributed by atoms with E-state index in [2.05, 4.69) is 20.1 Å². The Bertz CT molecular complexity index is 656. The quantitative estimate of drug-likeness (QED) is 0.845. The lowest BCUT2D eigenvalue weighted by atomic mass is 10.1. The molecule has 1 aliphatic heterocycles. The van der Waals surface area contributed by atoms with Crippen molar-refractivity contribution in [3.63, 3.8) is 0 Å². The van der Waals surface area contributed by atoms with Crippen LogP contribution in [-0.2, 0) is 0 Å². The Morgan fingerprint density at radius 1 is 1.27 bits per heavy atom. The van der Waals surface area contributed by atoms with Crippen molar-refractivity contribution in [1.29, 1.82) is 0 Å². The Hall–Kier alpha value is -2.31. The third-order valence-electron chi connectivity index (χ3n) is 4.02. The highest BCUT2D eigenvalue weighted by Gasteiger charge is 2.31. The van der Waals surface area contributed by atoms with Crippen molar-refractivity contribution < 1.29 is 9.32 Å². The van der Waals surface area contributed by atoms with Gasteiger partial charge in [-0.3, -0.25) is 4.79 Å². The number of likely N-dealkylation sites (tertiary alicyclic amines) is 1. The number of aromatic nitrogens is 4. The number of rotatable bonds is 2. The molecule has 1 atom stereocenters. The summed E-state index contributed by atoms with van der Waals surface area (Å²) in [4.78, 5) is 27.4. The zero-order chi connectivity index (χ0) is 15.5. The first-order valence-corrected chi connectivity index (χ1v) is 7.54. The Labute approximate surface area is 128 Å². The molecule has 0 radical (unpaired) electrons. The monoisotopic (exact) mass is 301 g/mol. The summed E-state index contributed by atoms with van der Waals surface area (Å²) in [6.07, 6.45) is 6.89. The molecule has 0 aliphatic carbocycles. The van der Waals surface area contributed by atoms with Crippen LogP contribution in [0.4, 0.5) is 0 Å². The topological polar surface area (TPSA) is 85.0 Å². The maximum absolute atomic E-state index is 13.0. The molecule has 0 spiro atoms. The van der Waals surface area contributed by atoms with Crippen LogP contribution in [-0.4, -0.2) is 37.5 Å². The fraction of sp³-hybridized carbons (Fsp3) is 0.533. The molecule has 1 fully saturated rings. The van der Waals surface area contributed by atoms with Gasteiger partial charge < -0.3 is 9.42 Å². The third-order valence-corrected chi connectivity index (χ3v) is 4.02. The molecule has 2 aromatic rings. The highest BCUT2D eigenvalue weighted by molar-refractivity contribution is 5.95. The Kier molecular flexibility index (Phi) is 4.13. The second kappa shape index (κ2) is 6.21. The molecule has 3 rings (SSSR count). The average Bonchev–Trinajstić information content (AvgIpc) is 2.91. The van der Waals surface area contributed by atoms with Crippen LogP contribution >= 0.6 is 0 Å². The van der Waals surface area contributed by atoms with Crippen molar-refractivity contribution >= 4 is 5.91 Å². The van der Waals surface area contributed by atoms with Crippen LogP contribution in [0.5, 0.6) is 0 Å². The highest BCUT2D eigenvalue weighted by atomic mass is 16.5. The Morgan fingerprint density at radius 2 is 2.14 bits per heavy atom. The van der Waals surface area contributed by atoms with Gasteiger partial charge in [0.2, 0.25) is 6.39 Å². The number of aryl methyl sites for hydroxylation is 2. The maximum Gasteiger partial charge on any atom is 0.257 e. The molecule has 0 bridgehead atoms. The number of carbonyl (C=O) groups excluding carboxylic acids is 1. The first-order valence-electron chi connectivity index (χ1n) is 7.54. The van der Waals surface area contributed by atoms with Gasteiger partial charge in [0.05, 0.1) is 17.3 Å². The molecule has 1 saturated heterocycles. The number of carbonyl (C=O) groups is 1. The second-order valence-electron chi connectivity index (χ2n) is 5.57. The molecule has 116 valence electrons. The first-order chi connectivity index (χ1) is 10.7. The van der Waals surface area contributed by atoms with E-state index in [1.807, 2.05) is 18.7 Å². The molecule has 1 aliphatic rings. The van der Waals surface area contributed by atoms with Crippen LogP contribution in [0.25, 0.3) is 0 Å². The minimum absolute atomic E-state index is 0.0609. The smallest absolute Gasteiger partial charge is 0.257 e. The van der Waals surface area contributed by atoms with Crippen LogP contribution in [0.2, 0.25) is 0 Å². The summed E-state index contributed by atoms with van der Waals surface area (Å²) in [6, 6.07) is -0.144. The van der Waals surface area contributed by atoms with Gasteiger partial charge >= 0.3 is 0 Å². The lowest BCUT2D eigenvalue weighted by molar-refractivity contribution is 0.0668. The van der Waals surface area contributed by atoms with Gasteiger partial charge in [-0.2, -0.15) is 4.98 Å². The van der Waals surface area contributed by atoms with Crippen molar-refractivity contribution in [2.45, 2.75) is 45.6 Å². The van der Waals surface area contributed by atoms with Crippen LogP contribution in [0.1, 0.15) is 59.4 Å². The van der Waals surface area contributed by atoms with E-state index in [4.69, 9.17) is 4.52 Å². The molecule has 0 aromatic carbocycles. The van der Waals surface area contributed by atoms with Gasteiger partial charge in [-0.05, 0) is 26.7 Å². The second-order valence-corrected chi connectivity index (χ2v) is 5.57. The molecule has 22 heavy (non-hydrogen) atoms. The summed E-state index contributed by atoms with van der Waals surface area (Å²) in [7, 11) is 0. The Balaban J connectivity index is 1.93. The van der Waals surface area contributed by atoms with Crippen LogP contribution < -0.4 is 0 Å². The molecule has 1 amide bonds. The minimum atomic E-state index is -0.144. The van der Waals surface area contributed by atoms with E-state index in [1.165, 1.54) is 6.39 Å². The van der Waals surface area contributed by atoms with E-state index >= 15 is 0 Å². The molecule has 7 nitrogen and oxygen atoms in total. The van der Waals surface area contributed by atoms with Gasteiger partial charge in [0.25, 0.3) is 5.91 Å². The van der Waals surface area contributed by atoms with E-state index in [9.17, 15) is 4.79 Å². The first kappa shape index (κ1) is 14.6. The van der Waals surface area contributed by atoms with E-state index in [1.54, 1.807) is 6.20 Å². The summed E-state index contributed by atoms with van der Waals surface area (Å²) < 4.78 is 4.86. The molecule has 7 heteroatoms. The molecule has 3 heterocycles. The van der Waals surface area contributed by atoms with Crippen molar-refractivity contribution in [3.8, 4) is 0 Å². The molecular weight excluding hydrogens is 282 g/mol. The van der Waals surface area contributed by atoms with Gasteiger partial charge in [0, 0.05) is 12.7 Å². The summed E-state index contributed by atoms with van der Waals surface area (Å²) in [5.74, 6) is 1.18. The number of amides is 1. The predicted molar refractivity (Wildman–Crippen MR) is 78.0 cm³/mol. The highest BCUT2D eigenvalue weighted by Crippen LogP contribution is 2.29. The summed E-state index contributed by atoms with van der Waals surface area (Å²) in [6.45, 7) is 4.34. The van der Waals surface area contributed by atoms with Crippen LogP contribution in [0.3, 0.4) is 0 Å². The van der Waals surface area contributed by atoms with Gasteiger partial charge in [0.1, 0.15) is 5.82 Å². The zero-order valence-corrected chi connectivity index (χ0v) is 12.8. The van der Waals surface area contributed by atoms with Crippen molar-refractivity contribution in [3.05, 3.63) is 35.5 Å². The van der Waals surface area contributed by atoms with Crippen LogP contribution in [0.15, 0.2) is 17.1 Å². The summed E-state index contributed by atoms with van der Waals surface area (Å²) in [5, 5.41) is 3.93. The number of hydrogen-bond donors (Lipinski definition) is 0. The summed E-state index contributed by atoms with van der Waals surface area (Å²) in [5.41, 5.74) is 1.25. The van der Waals surface area contributed by atoms with Crippen molar-refractivity contribution in [2.24, 2.45) is 0 Å². The van der Waals surface area contributed by atoms with Gasteiger partial charge in [-0.15, -0.1) is 0 Å². The van der Waals surface area contributed by atoms with Gasteiger partial charge in [-0.25, -0.2) is 9.97 Å². The Morgan fingerprint density at radius 3 is 2.86 bits per heavy atom. The van der Waals surface area contributed by atoms with Gasteiger partial charge in [-0.1, -0.05) is 18.0 Å². The molecule has 2 aromatic heterocycles. The lowest BCUT2D eigenvalue weighted by Gasteiger charge is -2.28. The van der Waals surface area contributed by atoms with Crippen LogP contribution in [0, 0.1) is 13.8 Å². The maximum atomic E-state index is 13.0. The normalized spacial score (nSPS) is 19.0. The average molecular weight is 301 g/mol. The molecule has 0 unspecified atom stereocenters. The van der Waals surface area contributed by atoms with E-state index in [-0.39, 0.29) is 11.9 Å². The van der Waals surface area contributed by atoms with Crippen molar-refractivity contribution in [2.75, 3.05) is 6.54 Å². The van der Waals surface area contributed by atoms with Crippen molar-refractivity contribution in [1.82, 2.24) is 25.0 Å². The predicted octanol–water partition coefficient (Wildman–Crippen LogP) is 2.23. The molecule has 0 N–H and O–H groups in total. The van der Waals surface area contributed by atoms with Gasteiger partial charge in [0.15, 0.2) is 5.82 Å². The minimum Gasteiger partial charge on any atom is -0.343 e.